The molecular weight excluding hydrogens is 252 g/mol. The first kappa shape index (κ1) is 14.8. The molecular formula is C16H26O2Si. The molecule has 19 heavy (non-hydrogen) atoms. The zero-order valence-electron chi connectivity index (χ0n) is 12.4. The van der Waals surface area contributed by atoms with Gasteiger partial charge in [-0.15, -0.1) is 0 Å². The van der Waals surface area contributed by atoms with Crippen LogP contribution in [0.4, 0.5) is 0 Å². The highest BCUT2D eigenvalue weighted by atomic mass is 28.3. The lowest BCUT2D eigenvalue weighted by atomic mass is 10.2. The second-order valence-electron chi connectivity index (χ2n) is 6.72. The first-order valence-corrected chi connectivity index (χ1v) is 11.0. The van der Waals surface area contributed by atoms with Crippen molar-refractivity contribution < 1.29 is 9.47 Å². The number of hydrogen-bond donors (Lipinski definition) is 0. The van der Waals surface area contributed by atoms with Crippen LogP contribution >= 0.6 is 0 Å². The van der Waals surface area contributed by atoms with E-state index >= 15 is 0 Å². The monoisotopic (exact) mass is 278 g/mol. The molecule has 1 aliphatic rings. The van der Waals surface area contributed by atoms with Crippen molar-refractivity contribution in [3.05, 3.63) is 35.9 Å². The Labute approximate surface area is 118 Å². The maximum Gasteiger partial charge on any atom is 0.0813 e. The third-order valence-electron chi connectivity index (χ3n) is 3.45. The number of hydrogen-bond acceptors (Lipinski definition) is 2. The van der Waals surface area contributed by atoms with E-state index in [9.17, 15) is 0 Å². The summed E-state index contributed by atoms with van der Waals surface area (Å²) in [5, 5.41) is 0. The highest BCUT2D eigenvalue weighted by Crippen LogP contribution is 2.27. The molecule has 1 aromatic carbocycles. The minimum atomic E-state index is -1.00. The summed E-state index contributed by atoms with van der Waals surface area (Å²) in [6.45, 7) is 8.66. The van der Waals surface area contributed by atoms with Crippen LogP contribution in [0.3, 0.4) is 0 Å². The van der Waals surface area contributed by atoms with Gasteiger partial charge in [0.15, 0.2) is 0 Å². The SMILES string of the molecule is C[Si](C)(C)C[C@@H]1CC[C@@H](COCc2ccccc2)O1. The van der Waals surface area contributed by atoms with E-state index in [1.165, 1.54) is 18.0 Å². The fourth-order valence-electron chi connectivity index (χ4n) is 2.62. The Balaban J connectivity index is 1.66. The molecule has 0 N–H and O–H groups in total. The second kappa shape index (κ2) is 6.68. The molecule has 0 spiro atoms. The van der Waals surface area contributed by atoms with Crippen LogP contribution in [-0.4, -0.2) is 26.9 Å². The van der Waals surface area contributed by atoms with Gasteiger partial charge in [-0.05, 0) is 24.4 Å². The molecule has 0 aromatic heterocycles. The quantitative estimate of drug-likeness (QED) is 0.730. The van der Waals surface area contributed by atoms with Gasteiger partial charge >= 0.3 is 0 Å². The summed E-state index contributed by atoms with van der Waals surface area (Å²) in [6, 6.07) is 11.6. The average Bonchev–Trinajstić information content (AvgIpc) is 2.76. The normalized spacial score (nSPS) is 23.7. The van der Waals surface area contributed by atoms with E-state index in [2.05, 4.69) is 43.9 Å². The molecule has 0 unspecified atom stereocenters. The first-order chi connectivity index (χ1) is 9.03. The molecule has 1 saturated heterocycles. The van der Waals surface area contributed by atoms with Crippen molar-refractivity contribution >= 4 is 8.07 Å². The molecule has 3 heteroatoms. The minimum absolute atomic E-state index is 0.310. The molecule has 0 amide bonds. The predicted molar refractivity (Wildman–Crippen MR) is 82.1 cm³/mol. The Morgan fingerprint density at radius 1 is 1.11 bits per heavy atom. The molecule has 1 fully saturated rings. The van der Waals surface area contributed by atoms with Crippen LogP contribution in [0.15, 0.2) is 30.3 Å². The second-order valence-corrected chi connectivity index (χ2v) is 12.3. The maximum absolute atomic E-state index is 6.09. The molecule has 0 bridgehead atoms. The van der Waals surface area contributed by atoms with Crippen LogP contribution in [0.1, 0.15) is 18.4 Å². The fourth-order valence-corrected chi connectivity index (χ4v) is 4.28. The fraction of sp³-hybridized carbons (Fsp3) is 0.625. The van der Waals surface area contributed by atoms with Crippen LogP contribution in [0, 0.1) is 0 Å². The maximum atomic E-state index is 6.09. The molecule has 2 atom stereocenters. The Morgan fingerprint density at radius 3 is 2.47 bits per heavy atom. The van der Waals surface area contributed by atoms with Crippen LogP contribution in [0.25, 0.3) is 0 Å². The van der Waals surface area contributed by atoms with E-state index < -0.39 is 8.07 Å². The summed E-state index contributed by atoms with van der Waals surface area (Å²) < 4.78 is 11.9. The van der Waals surface area contributed by atoms with Crippen molar-refractivity contribution in [1.82, 2.24) is 0 Å². The van der Waals surface area contributed by atoms with Crippen LogP contribution in [-0.2, 0) is 16.1 Å². The summed E-state index contributed by atoms with van der Waals surface area (Å²) in [4.78, 5) is 0. The molecule has 1 aliphatic heterocycles. The summed E-state index contributed by atoms with van der Waals surface area (Å²) in [5.74, 6) is 0. The van der Waals surface area contributed by atoms with Crippen molar-refractivity contribution in [2.45, 2.75) is 57.3 Å². The Kier molecular flexibility index (Phi) is 5.19. The Morgan fingerprint density at radius 2 is 1.79 bits per heavy atom. The van der Waals surface area contributed by atoms with Crippen LogP contribution in [0.5, 0.6) is 0 Å². The lowest BCUT2D eigenvalue weighted by molar-refractivity contribution is -0.0145. The van der Waals surface area contributed by atoms with Crippen molar-refractivity contribution in [2.75, 3.05) is 6.61 Å². The molecule has 106 valence electrons. The molecule has 0 saturated carbocycles. The smallest absolute Gasteiger partial charge is 0.0813 e. The highest BCUT2D eigenvalue weighted by Gasteiger charge is 2.29. The predicted octanol–water partition coefficient (Wildman–Crippen LogP) is 4.09. The molecule has 2 rings (SSSR count). The van der Waals surface area contributed by atoms with Crippen molar-refractivity contribution in [2.24, 2.45) is 0 Å². The average molecular weight is 278 g/mol. The van der Waals surface area contributed by atoms with Crippen molar-refractivity contribution in [1.29, 1.82) is 0 Å². The van der Waals surface area contributed by atoms with E-state index in [4.69, 9.17) is 9.47 Å². The Bertz CT molecular complexity index is 372. The topological polar surface area (TPSA) is 18.5 Å². The zero-order chi connectivity index (χ0) is 13.7. The van der Waals surface area contributed by atoms with Gasteiger partial charge in [0.2, 0.25) is 0 Å². The van der Waals surface area contributed by atoms with Gasteiger partial charge in [-0.1, -0.05) is 50.0 Å². The summed E-state index contributed by atoms with van der Waals surface area (Å²) in [6.07, 6.45) is 3.16. The first-order valence-electron chi connectivity index (χ1n) is 7.30. The van der Waals surface area contributed by atoms with E-state index in [1.54, 1.807) is 0 Å². The third-order valence-corrected chi connectivity index (χ3v) is 5.13. The van der Waals surface area contributed by atoms with Crippen LogP contribution < -0.4 is 0 Å². The highest BCUT2D eigenvalue weighted by molar-refractivity contribution is 6.76. The van der Waals surface area contributed by atoms with E-state index in [1.807, 2.05) is 6.07 Å². The molecule has 2 nitrogen and oxygen atoms in total. The largest absolute Gasteiger partial charge is 0.374 e. The third kappa shape index (κ3) is 5.47. The molecule has 1 heterocycles. The minimum Gasteiger partial charge on any atom is -0.374 e. The van der Waals surface area contributed by atoms with Crippen molar-refractivity contribution in [3.63, 3.8) is 0 Å². The zero-order valence-corrected chi connectivity index (χ0v) is 13.4. The number of ether oxygens (including phenoxy) is 2. The van der Waals surface area contributed by atoms with Gasteiger partial charge < -0.3 is 9.47 Å². The molecule has 0 aliphatic carbocycles. The summed E-state index contributed by atoms with van der Waals surface area (Å²) in [5.41, 5.74) is 1.24. The summed E-state index contributed by atoms with van der Waals surface area (Å²) >= 11 is 0. The number of benzene rings is 1. The van der Waals surface area contributed by atoms with E-state index in [0.29, 0.717) is 18.8 Å². The Hall–Kier alpha value is -0.643. The van der Waals surface area contributed by atoms with Gasteiger partial charge in [-0.2, -0.15) is 0 Å². The van der Waals surface area contributed by atoms with E-state index in [0.717, 1.165) is 13.0 Å². The van der Waals surface area contributed by atoms with Gasteiger partial charge in [0, 0.05) is 8.07 Å². The van der Waals surface area contributed by atoms with Gasteiger partial charge in [-0.25, -0.2) is 0 Å². The van der Waals surface area contributed by atoms with Gasteiger partial charge in [0.25, 0.3) is 0 Å². The lowest BCUT2D eigenvalue weighted by Crippen LogP contribution is -2.27. The van der Waals surface area contributed by atoms with Gasteiger partial charge in [0.1, 0.15) is 0 Å². The molecule has 1 aromatic rings. The van der Waals surface area contributed by atoms with E-state index in [-0.39, 0.29) is 0 Å². The number of rotatable bonds is 6. The van der Waals surface area contributed by atoms with Gasteiger partial charge in [-0.3, -0.25) is 0 Å². The molecule has 0 radical (unpaired) electrons. The van der Waals surface area contributed by atoms with Gasteiger partial charge in [0.05, 0.1) is 25.4 Å². The standard InChI is InChI=1S/C16H26O2Si/c1-19(2,3)13-16-10-9-15(18-16)12-17-11-14-7-5-4-6-8-14/h4-8,15-16H,9-13H2,1-3H3/t15-,16-/m0/s1. The van der Waals surface area contributed by atoms with Crippen molar-refractivity contribution in [3.8, 4) is 0 Å². The lowest BCUT2D eigenvalue weighted by Gasteiger charge is -2.21. The summed E-state index contributed by atoms with van der Waals surface area (Å²) in [7, 11) is -1.00. The van der Waals surface area contributed by atoms with Crippen LogP contribution in [0.2, 0.25) is 25.7 Å².